The zero-order valence-electron chi connectivity index (χ0n) is 41.0. The number of hydrogen-bond acceptors (Lipinski definition) is 3. The largest absolute Gasteiger partial charge is 0.507 e. The molecular formula is C53H50N3OPt-. The summed E-state index contributed by atoms with van der Waals surface area (Å²) in [6.45, 7) is 14.1. The van der Waals surface area contributed by atoms with Crippen LogP contribution in [0.2, 0.25) is 0 Å². The second-order valence-electron chi connectivity index (χ2n) is 16.9. The molecule has 4 nitrogen and oxygen atoms in total. The number of phenols is 1. The maximum Gasteiger partial charge on any atom is 0.148 e. The number of fused-ring (bicyclic) bond motifs is 1. The summed E-state index contributed by atoms with van der Waals surface area (Å²) in [7, 11) is 0. The third-order valence-electron chi connectivity index (χ3n) is 10.5. The SMILES string of the molecule is [2H]c1c([2H])c(C([2H])([2H])[2H])c([2H])c([2H])c1-c1ccnc(-c2[c-]c(-c3cccc4c3nc(-c3cc(C)cc(C)c3O)n4-c3ccc(-c4ccccc4)c(C(C)(C)C)c3)cc(C(C)(C)C)c2)c1.[Pt]. The summed E-state index contributed by atoms with van der Waals surface area (Å²) in [4.78, 5) is 10.1. The molecule has 0 unspecified atom stereocenters. The number of rotatable bonds is 6. The Morgan fingerprint density at radius 3 is 2.12 bits per heavy atom. The van der Waals surface area contributed by atoms with E-state index in [-0.39, 0.29) is 43.2 Å². The molecule has 0 aliphatic heterocycles. The van der Waals surface area contributed by atoms with Gasteiger partial charge in [0.1, 0.15) is 11.6 Å². The van der Waals surface area contributed by atoms with E-state index in [9.17, 15) is 5.11 Å². The quantitative estimate of drug-likeness (QED) is 0.169. The summed E-state index contributed by atoms with van der Waals surface area (Å²) >= 11 is 0. The first-order valence-corrected chi connectivity index (χ1v) is 19.2. The number of imidazole rings is 1. The number of nitrogens with zero attached hydrogens (tertiary/aromatic N) is 3. The third kappa shape index (κ3) is 7.83. The van der Waals surface area contributed by atoms with E-state index < -0.39 is 36.6 Å². The second kappa shape index (κ2) is 15.6. The van der Waals surface area contributed by atoms with Gasteiger partial charge in [-0.15, -0.1) is 29.3 Å². The molecule has 294 valence electrons. The van der Waals surface area contributed by atoms with Crippen molar-refractivity contribution in [3.63, 3.8) is 0 Å². The van der Waals surface area contributed by atoms with Gasteiger partial charge in [-0.3, -0.25) is 9.55 Å². The van der Waals surface area contributed by atoms with E-state index in [4.69, 9.17) is 19.6 Å². The molecule has 0 fully saturated rings. The Bertz CT molecular complexity index is 3120. The summed E-state index contributed by atoms with van der Waals surface area (Å²) in [5, 5.41) is 11.7. The van der Waals surface area contributed by atoms with Gasteiger partial charge in [0.2, 0.25) is 0 Å². The van der Waals surface area contributed by atoms with Crippen molar-refractivity contribution < 1.29 is 35.8 Å². The maximum atomic E-state index is 11.7. The molecule has 5 heteroatoms. The minimum Gasteiger partial charge on any atom is -0.507 e. The zero-order chi connectivity index (χ0) is 46.2. The fourth-order valence-corrected chi connectivity index (χ4v) is 7.53. The van der Waals surface area contributed by atoms with Gasteiger partial charge in [0, 0.05) is 42.8 Å². The maximum absolute atomic E-state index is 11.7. The van der Waals surface area contributed by atoms with Crippen molar-refractivity contribution in [3.05, 3.63) is 167 Å². The minimum atomic E-state index is -2.82. The van der Waals surface area contributed by atoms with Gasteiger partial charge in [-0.05, 0) is 101 Å². The molecule has 0 bridgehead atoms. The van der Waals surface area contributed by atoms with Gasteiger partial charge in [0.15, 0.2) is 0 Å². The number of hydrogen-bond donors (Lipinski definition) is 1. The second-order valence-corrected chi connectivity index (χ2v) is 16.9. The predicted molar refractivity (Wildman–Crippen MR) is 238 cm³/mol. The van der Waals surface area contributed by atoms with Crippen LogP contribution in [-0.4, -0.2) is 19.6 Å². The van der Waals surface area contributed by atoms with Gasteiger partial charge in [0.25, 0.3) is 0 Å². The minimum absolute atomic E-state index is 0. The fourth-order valence-electron chi connectivity index (χ4n) is 7.53. The van der Waals surface area contributed by atoms with E-state index in [0.29, 0.717) is 33.7 Å². The van der Waals surface area contributed by atoms with Gasteiger partial charge >= 0.3 is 0 Å². The molecule has 0 radical (unpaired) electrons. The molecule has 8 rings (SSSR count). The Morgan fingerprint density at radius 2 is 1.41 bits per heavy atom. The van der Waals surface area contributed by atoms with E-state index in [2.05, 4.69) is 101 Å². The molecule has 0 aliphatic rings. The van der Waals surface area contributed by atoms with E-state index >= 15 is 0 Å². The number of phenolic OH excluding ortho intramolecular Hbond substituents is 1. The van der Waals surface area contributed by atoms with Gasteiger partial charge in [0.05, 0.1) is 22.1 Å². The molecular weight excluding hydrogens is 890 g/mol. The molecule has 58 heavy (non-hydrogen) atoms. The van der Waals surface area contributed by atoms with Crippen LogP contribution >= 0.6 is 0 Å². The first-order chi connectivity index (χ1) is 30.0. The summed E-state index contributed by atoms with van der Waals surface area (Å²) in [6, 6.07) is 35.9. The third-order valence-corrected chi connectivity index (χ3v) is 10.5. The van der Waals surface area contributed by atoms with Crippen LogP contribution in [0.4, 0.5) is 0 Å². The summed E-state index contributed by atoms with van der Waals surface area (Å²) in [5.74, 6) is 0.745. The van der Waals surface area contributed by atoms with Crippen LogP contribution in [0.15, 0.2) is 133 Å². The molecule has 0 aliphatic carbocycles. The van der Waals surface area contributed by atoms with Crippen molar-refractivity contribution in [2.24, 2.45) is 0 Å². The van der Waals surface area contributed by atoms with Gasteiger partial charge in [-0.2, -0.15) is 0 Å². The first-order valence-electron chi connectivity index (χ1n) is 22.7. The molecule has 2 heterocycles. The summed E-state index contributed by atoms with van der Waals surface area (Å²) in [6.07, 6.45) is 1.55. The number of aromatic hydroxyl groups is 1. The van der Waals surface area contributed by atoms with Crippen molar-refractivity contribution in [1.82, 2.24) is 14.5 Å². The van der Waals surface area contributed by atoms with E-state index in [0.717, 1.165) is 55.7 Å². The summed E-state index contributed by atoms with van der Waals surface area (Å²) < 4.78 is 60.4. The molecule has 0 saturated carbocycles. The predicted octanol–water partition coefficient (Wildman–Crippen LogP) is 13.8. The van der Waals surface area contributed by atoms with E-state index in [1.165, 1.54) is 0 Å². The van der Waals surface area contributed by atoms with E-state index in [1.807, 2.05) is 56.3 Å². The molecule has 0 spiro atoms. The average Bonchev–Trinajstić information content (AvgIpc) is 3.63. The van der Waals surface area contributed by atoms with Crippen LogP contribution in [0.1, 0.15) is 79.0 Å². The molecule has 2 aromatic heterocycles. The van der Waals surface area contributed by atoms with Crippen molar-refractivity contribution in [2.45, 2.75) is 73.1 Å². The van der Waals surface area contributed by atoms with Gasteiger partial charge in [-0.25, -0.2) is 4.98 Å². The van der Waals surface area contributed by atoms with Gasteiger partial charge in [-0.1, -0.05) is 143 Å². The normalized spacial score (nSPS) is 13.8. The molecule has 8 aromatic rings. The topological polar surface area (TPSA) is 50.9 Å². The Labute approximate surface area is 367 Å². The molecule has 6 aromatic carbocycles. The van der Waals surface area contributed by atoms with Crippen LogP contribution in [0.5, 0.6) is 5.75 Å². The van der Waals surface area contributed by atoms with E-state index in [1.54, 1.807) is 18.3 Å². The first kappa shape index (κ1) is 32.4. The van der Waals surface area contributed by atoms with Crippen molar-refractivity contribution in [2.75, 3.05) is 0 Å². The zero-order valence-corrected chi connectivity index (χ0v) is 36.3. The molecule has 0 atom stereocenters. The average molecular weight is 947 g/mol. The van der Waals surface area contributed by atoms with Gasteiger partial charge < -0.3 is 5.11 Å². The standard InChI is InChI=1S/C53H50N3O.Pt/c1-33-18-20-36(21-19-33)38-24-25-54-47(31-38)40-28-39(29-41(30-40)52(4,5)6)44-16-13-17-48-49(44)55-51(45-27-34(2)26-35(3)50(45)57)56(48)42-22-23-43(37-14-11-10-12-15-37)46(32-42)53(7,8)9;/h10-27,29-32,57H,1-9H3;/q-1;/i1D3,18D,19D,20D,21D;. The van der Waals surface area contributed by atoms with Crippen LogP contribution < -0.4 is 0 Å². The van der Waals surface area contributed by atoms with Crippen molar-refractivity contribution in [1.29, 1.82) is 0 Å². The Hall–Kier alpha value is -5.57. The fraction of sp³-hybridized carbons (Fsp3) is 0.208. The Balaban J connectivity index is 0.00000630. The Morgan fingerprint density at radius 1 is 0.672 bits per heavy atom. The number of para-hydroxylation sites is 1. The monoisotopic (exact) mass is 946 g/mol. The van der Waals surface area contributed by atoms with Crippen molar-refractivity contribution >= 4 is 11.0 Å². The Kier molecular flexibility index (Phi) is 8.74. The number of aryl methyl sites for hydroxylation is 2. The van der Waals surface area contributed by atoms with Crippen LogP contribution in [0.3, 0.4) is 0 Å². The van der Waals surface area contributed by atoms with Crippen LogP contribution in [-0.2, 0) is 31.9 Å². The molecule has 0 saturated heterocycles. The number of aromatic nitrogens is 3. The molecule has 1 N–H and O–H groups in total. The number of benzene rings is 6. The van der Waals surface area contributed by atoms with Crippen LogP contribution in [0.25, 0.3) is 72.7 Å². The van der Waals surface area contributed by atoms with Crippen LogP contribution in [0, 0.1) is 26.8 Å². The smallest absolute Gasteiger partial charge is 0.148 e. The molecule has 0 amide bonds. The number of pyridine rings is 1. The van der Waals surface area contributed by atoms with Crippen molar-refractivity contribution in [3.8, 4) is 67.5 Å². The summed E-state index contributed by atoms with van der Waals surface area (Å²) in [5.41, 5.74) is 11.1.